The van der Waals surface area contributed by atoms with Gasteiger partial charge < -0.3 is 10.1 Å². The minimum atomic E-state index is -0.301. The molecule has 1 aromatic carbocycles. The van der Waals surface area contributed by atoms with E-state index in [0.29, 0.717) is 11.6 Å². The minimum Gasteiger partial charge on any atom is -0.465 e. The van der Waals surface area contributed by atoms with Gasteiger partial charge in [-0.15, -0.1) is 11.8 Å². The zero-order valence-corrected chi connectivity index (χ0v) is 13.1. The highest BCUT2D eigenvalue weighted by atomic mass is 35.5. The van der Waals surface area contributed by atoms with Crippen LogP contribution in [0.4, 0.5) is 0 Å². The Hall–Kier alpha value is -1.20. The first-order valence-electron chi connectivity index (χ1n) is 6.31. The van der Waals surface area contributed by atoms with Gasteiger partial charge >= 0.3 is 5.97 Å². The highest BCUT2D eigenvalue weighted by Crippen LogP contribution is 2.22. The van der Waals surface area contributed by atoms with Gasteiger partial charge in [-0.3, -0.25) is 9.59 Å². The molecule has 0 aliphatic rings. The van der Waals surface area contributed by atoms with Crippen LogP contribution >= 0.6 is 23.4 Å². The number of rotatable bonds is 7. The van der Waals surface area contributed by atoms with Gasteiger partial charge in [-0.25, -0.2) is 0 Å². The predicted molar refractivity (Wildman–Crippen MR) is 82.0 cm³/mol. The van der Waals surface area contributed by atoms with Gasteiger partial charge in [0.2, 0.25) is 5.91 Å². The summed E-state index contributed by atoms with van der Waals surface area (Å²) in [4.78, 5) is 22.9. The molecule has 0 saturated heterocycles. The van der Waals surface area contributed by atoms with E-state index in [1.54, 1.807) is 13.0 Å². The monoisotopic (exact) mass is 315 g/mol. The quantitative estimate of drug-likeness (QED) is 0.786. The van der Waals surface area contributed by atoms with Crippen molar-refractivity contribution in [3.8, 4) is 0 Å². The van der Waals surface area contributed by atoms with Crippen molar-refractivity contribution in [2.75, 3.05) is 18.1 Å². The van der Waals surface area contributed by atoms with E-state index in [4.69, 9.17) is 16.3 Å². The van der Waals surface area contributed by atoms with E-state index < -0.39 is 0 Å². The summed E-state index contributed by atoms with van der Waals surface area (Å²) in [6, 6.07) is 7.21. The summed E-state index contributed by atoms with van der Waals surface area (Å²) in [6.45, 7) is 3.98. The molecule has 0 saturated carbocycles. The lowest BCUT2D eigenvalue weighted by molar-refractivity contribution is -0.139. The number of hydrogen-bond acceptors (Lipinski definition) is 4. The summed E-state index contributed by atoms with van der Waals surface area (Å²) in [7, 11) is 0. The minimum absolute atomic E-state index is 0.133. The van der Waals surface area contributed by atoms with Gasteiger partial charge in [-0.1, -0.05) is 29.8 Å². The number of halogens is 1. The standard InChI is InChI=1S/C14H18ClNO3S/c1-3-19-14(18)9-20-8-13(17)16-10(2)11-6-4-5-7-12(11)15/h4-7,10H,3,8-9H2,1-2H3,(H,16,17). The second-order valence-corrected chi connectivity index (χ2v) is 5.50. The van der Waals surface area contributed by atoms with Crippen LogP contribution in [0.2, 0.25) is 5.02 Å². The van der Waals surface area contributed by atoms with Crippen LogP contribution < -0.4 is 5.32 Å². The molecule has 1 rings (SSSR count). The first-order chi connectivity index (χ1) is 9.54. The summed E-state index contributed by atoms with van der Waals surface area (Å²) in [5, 5.41) is 3.47. The number of carbonyl (C=O) groups excluding carboxylic acids is 2. The molecule has 0 aromatic heterocycles. The Balaban J connectivity index is 2.35. The number of esters is 1. The van der Waals surface area contributed by atoms with Crippen LogP contribution in [0.1, 0.15) is 25.5 Å². The molecule has 110 valence electrons. The fourth-order valence-electron chi connectivity index (χ4n) is 1.62. The van der Waals surface area contributed by atoms with Crippen LogP contribution in [0.5, 0.6) is 0 Å². The van der Waals surface area contributed by atoms with Gasteiger partial charge in [0.15, 0.2) is 0 Å². The lowest BCUT2D eigenvalue weighted by Gasteiger charge is -2.15. The van der Waals surface area contributed by atoms with Crippen molar-refractivity contribution in [1.29, 1.82) is 0 Å². The fourth-order valence-corrected chi connectivity index (χ4v) is 2.54. The Bertz CT molecular complexity index is 467. The van der Waals surface area contributed by atoms with Gasteiger partial charge in [0.1, 0.15) is 0 Å². The third-order valence-electron chi connectivity index (χ3n) is 2.51. The summed E-state index contributed by atoms with van der Waals surface area (Å²) < 4.78 is 4.78. The number of amides is 1. The number of thioether (sulfide) groups is 1. The van der Waals surface area contributed by atoms with Crippen molar-refractivity contribution in [2.45, 2.75) is 19.9 Å². The molecule has 1 amide bonds. The SMILES string of the molecule is CCOC(=O)CSCC(=O)NC(C)c1ccccc1Cl. The van der Waals surface area contributed by atoms with E-state index in [-0.39, 0.29) is 29.4 Å². The van der Waals surface area contributed by atoms with Crippen molar-refractivity contribution in [3.63, 3.8) is 0 Å². The van der Waals surface area contributed by atoms with Crippen LogP contribution in [-0.4, -0.2) is 30.0 Å². The van der Waals surface area contributed by atoms with Crippen LogP contribution in [-0.2, 0) is 14.3 Å². The number of nitrogens with one attached hydrogen (secondary N) is 1. The molecule has 6 heteroatoms. The molecule has 0 heterocycles. The Labute approximate surface area is 128 Å². The fraction of sp³-hybridized carbons (Fsp3) is 0.429. The maximum atomic E-state index is 11.8. The molecule has 0 aliphatic heterocycles. The first-order valence-corrected chi connectivity index (χ1v) is 7.85. The van der Waals surface area contributed by atoms with Crippen molar-refractivity contribution in [1.82, 2.24) is 5.32 Å². The van der Waals surface area contributed by atoms with Gasteiger partial charge in [0.25, 0.3) is 0 Å². The van der Waals surface area contributed by atoms with Crippen LogP contribution in [0.3, 0.4) is 0 Å². The molecule has 1 unspecified atom stereocenters. The molecule has 4 nitrogen and oxygen atoms in total. The Morgan fingerprint density at radius 1 is 1.35 bits per heavy atom. The first kappa shape index (κ1) is 16.9. The van der Waals surface area contributed by atoms with Gasteiger partial charge in [-0.2, -0.15) is 0 Å². The third kappa shape index (κ3) is 5.84. The maximum Gasteiger partial charge on any atom is 0.315 e. The van der Waals surface area contributed by atoms with Crippen molar-refractivity contribution >= 4 is 35.2 Å². The average Bonchev–Trinajstić information content (AvgIpc) is 2.39. The second kappa shape index (κ2) is 8.87. The van der Waals surface area contributed by atoms with E-state index in [1.165, 1.54) is 11.8 Å². The highest BCUT2D eigenvalue weighted by Gasteiger charge is 2.12. The van der Waals surface area contributed by atoms with E-state index in [0.717, 1.165) is 5.56 Å². The van der Waals surface area contributed by atoms with Crippen LogP contribution in [0.15, 0.2) is 24.3 Å². The van der Waals surface area contributed by atoms with Crippen molar-refractivity contribution in [2.24, 2.45) is 0 Å². The molecule has 0 spiro atoms. The Morgan fingerprint density at radius 3 is 2.70 bits per heavy atom. The molecule has 0 radical (unpaired) electrons. The number of benzene rings is 1. The normalized spacial score (nSPS) is 11.8. The highest BCUT2D eigenvalue weighted by molar-refractivity contribution is 8.00. The Kier molecular flexibility index (Phi) is 7.47. The largest absolute Gasteiger partial charge is 0.465 e. The molecular formula is C14H18ClNO3S. The van der Waals surface area contributed by atoms with Gasteiger partial charge in [0, 0.05) is 5.02 Å². The smallest absolute Gasteiger partial charge is 0.315 e. The number of ether oxygens (including phenoxy) is 1. The maximum absolute atomic E-state index is 11.8. The molecule has 0 bridgehead atoms. The van der Waals surface area contributed by atoms with Gasteiger partial charge in [0.05, 0.1) is 24.2 Å². The zero-order chi connectivity index (χ0) is 15.0. The van der Waals surface area contributed by atoms with E-state index in [1.807, 2.05) is 25.1 Å². The summed E-state index contributed by atoms with van der Waals surface area (Å²) in [6.07, 6.45) is 0. The lowest BCUT2D eigenvalue weighted by Crippen LogP contribution is -2.28. The average molecular weight is 316 g/mol. The Morgan fingerprint density at radius 2 is 2.05 bits per heavy atom. The summed E-state index contributed by atoms with van der Waals surface area (Å²) >= 11 is 7.30. The number of hydrogen-bond donors (Lipinski definition) is 1. The molecule has 1 atom stereocenters. The lowest BCUT2D eigenvalue weighted by atomic mass is 10.1. The number of carbonyl (C=O) groups is 2. The topological polar surface area (TPSA) is 55.4 Å². The summed E-state index contributed by atoms with van der Waals surface area (Å²) in [5.74, 6) is -0.0359. The third-order valence-corrected chi connectivity index (χ3v) is 3.76. The molecular weight excluding hydrogens is 298 g/mol. The summed E-state index contributed by atoms with van der Waals surface area (Å²) in [5.41, 5.74) is 0.873. The second-order valence-electron chi connectivity index (χ2n) is 4.11. The molecule has 0 aliphatic carbocycles. The molecule has 1 aromatic rings. The van der Waals surface area contributed by atoms with E-state index >= 15 is 0 Å². The van der Waals surface area contributed by atoms with Crippen molar-refractivity contribution < 1.29 is 14.3 Å². The van der Waals surface area contributed by atoms with E-state index in [9.17, 15) is 9.59 Å². The van der Waals surface area contributed by atoms with Crippen LogP contribution in [0, 0.1) is 0 Å². The van der Waals surface area contributed by atoms with Crippen LogP contribution in [0.25, 0.3) is 0 Å². The molecule has 0 fully saturated rings. The van der Waals surface area contributed by atoms with Gasteiger partial charge in [-0.05, 0) is 25.5 Å². The van der Waals surface area contributed by atoms with Crippen molar-refractivity contribution in [3.05, 3.63) is 34.9 Å². The van der Waals surface area contributed by atoms with E-state index in [2.05, 4.69) is 5.32 Å². The zero-order valence-electron chi connectivity index (χ0n) is 11.5. The predicted octanol–water partition coefficient (Wildman–Crippen LogP) is 2.81. The molecule has 1 N–H and O–H groups in total. The molecule has 20 heavy (non-hydrogen) atoms.